The summed E-state index contributed by atoms with van der Waals surface area (Å²) in [6, 6.07) is 10.0. The second-order valence-corrected chi connectivity index (χ2v) is 7.84. The van der Waals surface area contributed by atoms with Gasteiger partial charge in [-0.1, -0.05) is 4.40 Å². The molecule has 0 spiro atoms. The maximum Gasteiger partial charge on any atom is 0.144 e. The predicted octanol–water partition coefficient (Wildman–Crippen LogP) is 3.96. The first-order valence-electron chi connectivity index (χ1n) is 7.01. The SMILES string of the molecule is CC(C)(C)[S+]([O-])N=CCc1ccnc(-c2ccc(F)cc2)c1. The molecule has 2 rings (SSSR count). The summed E-state index contributed by atoms with van der Waals surface area (Å²) >= 11 is -1.24. The number of hydrogen-bond acceptors (Lipinski definition) is 3. The smallest absolute Gasteiger partial charge is 0.144 e. The van der Waals surface area contributed by atoms with E-state index in [1.54, 1.807) is 24.5 Å². The first kappa shape index (κ1) is 16.6. The number of benzene rings is 1. The number of rotatable bonds is 4. The van der Waals surface area contributed by atoms with Gasteiger partial charge in [0.15, 0.2) is 0 Å². The first-order chi connectivity index (χ1) is 10.4. The molecule has 1 atom stereocenters. The molecule has 0 amide bonds. The van der Waals surface area contributed by atoms with Crippen molar-refractivity contribution in [1.82, 2.24) is 4.98 Å². The number of pyridine rings is 1. The molecular formula is C17H19FN2OS. The highest BCUT2D eigenvalue weighted by Crippen LogP contribution is 2.19. The molecule has 0 saturated carbocycles. The lowest BCUT2D eigenvalue weighted by molar-refractivity contribution is 0.561. The summed E-state index contributed by atoms with van der Waals surface area (Å²) in [5, 5.41) is 0. The van der Waals surface area contributed by atoms with Crippen LogP contribution in [-0.2, 0) is 17.8 Å². The normalized spacial score (nSPS) is 13.5. The Hall–Kier alpha value is -1.72. The Kier molecular flexibility index (Phi) is 5.32. The van der Waals surface area contributed by atoms with Gasteiger partial charge in [-0.3, -0.25) is 4.98 Å². The van der Waals surface area contributed by atoms with Crippen molar-refractivity contribution in [3.8, 4) is 11.3 Å². The van der Waals surface area contributed by atoms with Crippen molar-refractivity contribution in [2.45, 2.75) is 31.9 Å². The van der Waals surface area contributed by atoms with E-state index in [2.05, 4.69) is 9.38 Å². The van der Waals surface area contributed by atoms with Gasteiger partial charge in [-0.2, -0.15) is 0 Å². The van der Waals surface area contributed by atoms with Crippen LogP contribution in [0, 0.1) is 5.82 Å². The molecule has 1 heterocycles. The Morgan fingerprint density at radius 3 is 2.55 bits per heavy atom. The Labute approximate surface area is 133 Å². The molecule has 3 nitrogen and oxygen atoms in total. The first-order valence-corrected chi connectivity index (χ1v) is 8.12. The van der Waals surface area contributed by atoms with Crippen molar-refractivity contribution in [3.05, 3.63) is 54.0 Å². The van der Waals surface area contributed by atoms with Crippen LogP contribution in [-0.4, -0.2) is 20.5 Å². The molecule has 1 aromatic carbocycles. The minimum atomic E-state index is -1.24. The van der Waals surface area contributed by atoms with Crippen molar-refractivity contribution in [2.24, 2.45) is 4.40 Å². The Bertz CT molecular complexity index is 650. The standard InChI is InChI=1S/C17H19FN2OS/c1-17(2,3)22(21)20-11-9-13-8-10-19-16(12-13)14-4-6-15(18)7-5-14/h4-8,10-12H,9H2,1-3H3. The average molecular weight is 318 g/mol. The van der Waals surface area contributed by atoms with E-state index in [-0.39, 0.29) is 10.6 Å². The van der Waals surface area contributed by atoms with Crippen LogP contribution in [0.15, 0.2) is 47.0 Å². The number of nitrogens with zero attached hydrogens (tertiary/aromatic N) is 2. The molecule has 0 bridgehead atoms. The van der Waals surface area contributed by atoms with Crippen molar-refractivity contribution < 1.29 is 8.94 Å². The van der Waals surface area contributed by atoms with Crippen LogP contribution >= 0.6 is 0 Å². The van der Waals surface area contributed by atoms with E-state index < -0.39 is 11.4 Å². The van der Waals surface area contributed by atoms with E-state index >= 15 is 0 Å². The molecule has 0 aliphatic carbocycles. The van der Waals surface area contributed by atoms with Crippen LogP contribution in [0.25, 0.3) is 11.3 Å². The van der Waals surface area contributed by atoms with Crippen molar-refractivity contribution >= 4 is 17.6 Å². The molecule has 22 heavy (non-hydrogen) atoms. The summed E-state index contributed by atoms with van der Waals surface area (Å²) in [5.74, 6) is -0.267. The van der Waals surface area contributed by atoms with E-state index in [1.807, 2.05) is 32.9 Å². The zero-order valence-electron chi connectivity index (χ0n) is 12.9. The molecule has 0 aliphatic heterocycles. The largest absolute Gasteiger partial charge is 0.591 e. The highest BCUT2D eigenvalue weighted by molar-refractivity contribution is 7.91. The van der Waals surface area contributed by atoms with Gasteiger partial charge in [0.2, 0.25) is 0 Å². The molecule has 0 aliphatic rings. The van der Waals surface area contributed by atoms with Gasteiger partial charge in [-0.25, -0.2) is 4.39 Å². The zero-order valence-corrected chi connectivity index (χ0v) is 13.7. The third-order valence-electron chi connectivity index (χ3n) is 2.99. The van der Waals surface area contributed by atoms with Crippen LogP contribution in [0.4, 0.5) is 4.39 Å². The van der Waals surface area contributed by atoms with Gasteiger partial charge in [0.25, 0.3) is 0 Å². The van der Waals surface area contributed by atoms with E-state index in [1.165, 1.54) is 12.1 Å². The summed E-state index contributed by atoms with van der Waals surface area (Å²) in [6.45, 7) is 5.67. The van der Waals surface area contributed by atoms with Gasteiger partial charge in [0.05, 0.1) is 11.9 Å². The lowest BCUT2D eigenvalue weighted by Gasteiger charge is -2.17. The monoisotopic (exact) mass is 318 g/mol. The molecular weight excluding hydrogens is 299 g/mol. The summed E-state index contributed by atoms with van der Waals surface area (Å²) in [7, 11) is 0. The van der Waals surface area contributed by atoms with Gasteiger partial charge in [0, 0.05) is 18.2 Å². The summed E-state index contributed by atoms with van der Waals surface area (Å²) in [5.41, 5.74) is 2.66. The molecule has 1 unspecified atom stereocenters. The lowest BCUT2D eigenvalue weighted by atomic mass is 10.1. The molecule has 0 saturated heterocycles. The van der Waals surface area contributed by atoms with Crippen LogP contribution < -0.4 is 0 Å². The predicted molar refractivity (Wildman–Crippen MR) is 89.7 cm³/mol. The zero-order chi connectivity index (χ0) is 16.2. The molecule has 0 fully saturated rings. The van der Waals surface area contributed by atoms with Crippen LogP contribution in [0.1, 0.15) is 26.3 Å². The molecule has 5 heteroatoms. The second-order valence-electron chi connectivity index (χ2n) is 5.91. The number of aromatic nitrogens is 1. The molecule has 0 radical (unpaired) electrons. The highest BCUT2D eigenvalue weighted by atomic mass is 32.2. The van der Waals surface area contributed by atoms with Crippen molar-refractivity contribution in [1.29, 1.82) is 0 Å². The van der Waals surface area contributed by atoms with E-state index in [0.29, 0.717) is 6.42 Å². The quantitative estimate of drug-likeness (QED) is 0.633. The molecule has 116 valence electrons. The Balaban J connectivity index is 2.09. The second kappa shape index (κ2) is 7.03. The fraction of sp³-hybridized carbons (Fsp3) is 0.294. The fourth-order valence-corrected chi connectivity index (χ4v) is 2.27. The van der Waals surface area contributed by atoms with Crippen LogP contribution in [0.5, 0.6) is 0 Å². The van der Waals surface area contributed by atoms with Crippen molar-refractivity contribution in [3.63, 3.8) is 0 Å². The Morgan fingerprint density at radius 1 is 1.23 bits per heavy atom. The number of halogens is 1. The third-order valence-corrected chi connectivity index (χ3v) is 4.37. The summed E-state index contributed by atoms with van der Waals surface area (Å²) in [6.07, 6.45) is 3.96. The Morgan fingerprint density at radius 2 is 1.91 bits per heavy atom. The van der Waals surface area contributed by atoms with E-state index in [9.17, 15) is 8.94 Å². The van der Waals surface area contributed by atoms with Gasteiger partial charge >= 0.3 is 0 Å². The van der Waals surface area contributed by atoms with Gasteiger partial charge < -0.3 is 4.55 Å². The van der Waals surface area contributed by atoms with Gasteiger partial charge in [-0.05, 0) is 62.7 Å². The molecule has 2 aromatic rings. The average Bonchev–Trinajstić information content (AvgIpc) is 2.47. The van der Waals surface area contributed by atoms with E-state index in [4.69, 9.17) is 0 Å². The molecule has 0 N–H and O–H groups in total. The summed E-state index contributed by atoms with van der Waals surface area (Å²) in [4.78, 5) is 4.29. The van der Waals surface area contributed by atoms with Crippen LogP contribution in [0.3, 0.4) is 0 Å². The van der Waals surface area contributed by atoms with E-state index in [0.717, 1.165) is 16.8 Å². The summed E-state index contributed by atoms with van der Waals surface area (Å²) < 4.78 is 28.5. The lowest BCUT2D eigenvalue weighted by Crippen LogP contribution is -2.25. The maximum absolute atomic E-state index is 13.0. The fourth-order valence-electron chi connectivity index (χ4n) is 1.75. The van der Waals surface area contributed by atoms with Crippen molar-refractivity contribution in [2.75, 3.05) is 0 Å². The number of hydrogen-bond donors (Lipinski definition) is 0. The minimum Gasteiger partial charge on any atom is -0.591 e. The highest BCUT2D eigenvalue weighted by Gasteiger charge is 2.25. The van der Waals surface area contributed by atoms with Crippen LogP contribution in [0.2, 0.25) is 0 Å². The third kappa shape index (κ3) is 4.64. The topological polar surface area (TPSA) is 48.3 Å². The maximum atomic E-state index is 13.0. The molecule has 1 aromatic heterocycles. The minimum absolute atomic E-state index is 0.267. The van der Waals surface area contributed by atoms with Gasteiger partial charge in [-0.15, -0.1) is 0 Å². The van der Waals surface area contributed by atoms with Gasteiger partial charge in [0.1, 0.15) is 21.9 Å².